The van der Waals surface area contributed by atoms with Crippen LogP contribution in [0.25, 0.3) is 0 Å². The molecule has 0 aromatic heterocycles. The van der Waals surface area contributed by atoms with Crippen LogP contribution >= 0.6 is 11.8 Å². The highest BCUT2D eigenvalue weighted by atomic mass is 32.2. The summed E-state index contributed by atoms with van der Waals surface area (Å²) < 4.78 is 10.5. The van der Waals surface area contributed by atoms with Gasteiger partial charge in [-0.3, -0.25) is 4.79 Å². The minimum atomic E-state index is -0.903. The molecular formula is C15H21NO4S. The van der Waals surface area contributed by atoms with Crippen molar-refractivity contribution in [2.75, 3.05) is 32.1 Å². The molecule has 116 valence electrons. The van der Waals surface area contributed by atoms with Crippen LogP contribution < -0.4 is 10.1 Å². The molecule has 1 atom stereocenters. The van der Waals surface area contributed by atoms with Crippen LogP contribution in [0.2, 0.25) is 0 Å². The lowest BCUT2D eigenvalue weighted by Gasteiger charge is -2.20. The molecule has 1 unspecified atom stereocenters. The summed E-state index contributed by atoms with van der Waals surface area (Å²) in [4.78, 5) is 12.8. The van der Waals surface area contributed by atoms with Crippen molar-refractivity contribution in [2.45, 2.75) is 23.8 Å². The fourth-order valence-corrected chi connectivity index (χ4v) is 2.73. The Labute approximate surface area is 129 Å². The summed E-state index contributed by atoms with van der Waals surface area (Å²) in [5.74, 6) is 1.06. The van der Waals surface area contributed by atoms with Crippen molar-refractivity contribution >= 4 is 17.7 Å². The van der Waals surface area contributed by atoms with Crippen LogP contribution in [-0.4, -0.2) is 48.7 Å². The number of nitrogens with one attached hydrogen (secondary N) is 1. The summed E-state index contributed by atoms with van der Waals surface area (Å²) >= 11 is 1.46. The highest BCUT2D eigenvalue weighted by molar-refractivity contribution is 8.00. The van der Waals surface area contributed by atoms with Crippen molar-refractivity contribution in [3.05, 3.63) is 24.3 Å². The molecule has 1 aliphatic rings. The summed E-state index contributed by atoms with van der Waals surface area (Å²) in [5, 5.41) is 12.8. The quantitative estimate of drug-likeness (QED) is 0.746. The Morgan fingerprint density at radius 1 is 1.48 bits per heavy atom. The molecule has 1 saturated heterocycles. The Hall–Kier alpha value is -1.24. The molecule has 0 saturated carbocycles. The van der Waals surface area contributed by atoms with Gasteiger partial charge in [-0.1, -0.05) is 0 Å². The van der Waals surface area contributed by atoms with Gasteiger partial charge in [-0.25, -0.2) is 0 Å². The number of amides is 1. The second-order valence-corrected chi connectivity index (χ2v) is 6.05. The lowest BCUT2D eigenvalue weighted by atomic mass is 10.0. The number of benzene rings is 1. The van der Waals surface area contributed by atoms with E-state index >= 15 is 0 Å². The van der Waals surface area contributed by atoms with Crippen LogP contribution in [0.4, 0.5) is 0 Å². The Morgan fingerprint density at radius 3 is 2.86 bits per heavy atom. The summed E-state index contributed by atoms with van der Waals surface area (Å²) in [6, 6.07) is 7.65. The van der Waals surface area contributed by atoms with E-state index in [1.165, 1.54) is 11.8 Å². The maximum Gasteiger partial charge on any atom is 0.230 e. The summed E-state index contributed by atoms with van der Waals surface area (Å²) in [5.41, 5.74) is -0.903. The van der Waals surface area contributed by atoms with Gasteiger partial charge in [0.05, 0.1) is 19.0 Å². The molecule has 1 aromatic carbocycles. The highest BCUT2D eigenvalue weighted by Crippen LogP contribution is 2.21. The smallest absolute Gasteiger partial charge is 0.230 e. The highest BCUT2D eigenvalue weighted by Gasteiger charge is 2.32. The molecule has 1 fully saturated rings. The van der Waals surface area contributed by atoms with E-state index in [9.17, 15) is 9.90 Å². The first-order chi connectivity index (χ1) is 10.1. The third-order valence-corrected chi connectivity index (χ3v) is 4.21. The number of rotatable bonds is 7. The first kappa shape index (κ1) is 16.1. The predicted molar refractivity (Wildman–Crippen MR) is 81.7 cm³/mol. The number of hydrogen-bond donors (Lipinski definition) is 2. The van der Waals surface area contributed by atoms with Gasteiger partial charge in [0.2, 0.25) is 5.91 Å². The van der Waals surface area contributed by atoms with Gasteiger partial charge in [0.25, 0.3) is 0 Å². The van der Waals surface area contributed by atoms with E-state index in [1.807, 2.05) is 31.2 Å². The van der Waals surface area contributed by atoms with Gasteiger partial charge >= 0.3 is 0 Å². The molecule has 21 heavy (non-hydrogen) atoms. The van der Waals surface area contributed by atoms with Crippen molar-refractivity contribution in [3.8, 4) is 5.75 Å². The van der Waals surface area contributed by atoms with Gasteiger partial charge in [0, 0.05) is 24.5 Å². The van der Waals surface area contributed by atoms with Crippen LogP contribution in [-0.2, 0) is 9.53 Å². The van der Waals surface area contributed by atoms with E-state index in [-0.39, 0.29) is 12.5 Å². The molecule has 6 heteroatoms. The van der Waals surface area contributed by atoms with E-state index in [1.54, 1.807) is 0 Å². The Kier molecular flexibility index (Phi) is 5.90. The largest absolute Gasteiger partial charge is 0.494 e. The Bertz CT molecular complexity index is 457. The number of carbonyl (C=O) groups is 1. The van der Waals surface area contributed by atoms with Gasteiger partial charge < -0.3 is 19.9 Å². The normalized spacial score (nSPS) is 21.2. The van der Waals surface area contributed by atoms with E-state index in [4.69, 9.17) is 9.47 Å². The summed E-state index contributed by atoms with van der Waals surface area (Å²) in [6.45, 7) is 3.67. The second-order valence-electron chi connectivity index (χ2n) is 5.00. The molecule has 1 aromatic rings. The van der Waals surface area contributed by atoms with Gasteiger partial charge in [-0.15, -0.1) is 11.8 Å². The van der Waals surface area contributed by atoms with Gasteiger partial charge in [-0.2, -0.15) is 0 Å². The molecule has 2 rings (SSSR count). The molecule has 0 bridgehead atoms. The zero-order valence-electron chi connectivity index (χ0n) is 12.1. The minimum Gasteiger partial charge on any atom is -0.494 e. The van der Waals surface area contributed by atoms with Gasteiger partial charge in [0.15, 0.2) is 0 Å². The lowest BCUT2D eigenvalue weighted by Crippen LogP contribution is -2.43. The van der Waals surface area contributed by atoms with Crippen LogP contribution in [0.1, 0.15) is 13.3 Å². The average molecular weight is 311 g/mol. The van der Waals surface area contributed by atoms with E-state index in [0.717, 1.165) is 10.6 Å². The maximum absolute atomic E-state index is 11.8. The molecule has 1 amide bonds. The van der Waals surface area contributed by atoms with Crippen molar-refractivity contribution in [2.24, 2.45) is 0 Å². The van der Waals surface area contributed by atoms with Crippen LogP contribution in [0.3, 0.4) is 0 Å². The summed E-state index contributed by atoms with van der Waals surface area (Å²) in [7, 11) is 0. The molecule has 0 aliphatic carbocycles. The maximum atomic E-state index is 11.8. The van der Waals surface area contributed by atoms with E-state index in [2.05, 4.69) is 5.32 Å². The Balaban J connectivity index is 1.70. The molecular weight excluding hydrogens is 290 g/mol. The number of thioether (sulfide) groups is 1. The topological polar surface area (TPSA) is 67.8 Å². The van der Waals surface area contributed by atoms with Gasteiger partial charge in [0.1, 0.15) is 11.4 Å². The predicted octanol–water partition coefficient (Wildman–Crippen LogP) is 1.44. The van der Waals surface area contributed by atoms with Crippen LogP contribution in [0.15, 0.2) is 29.2 Å². The third kappa shape index (κ3) is 5.22. The van der Waals surface area contributed by atoms with Crippen LogP contribution in [0.5, 0.6) is 5.75 Å². The monoisotopic (exact) mass is 311 g/mol. The first-order valence-electron chi connectivity index (χ1n) is 7.04. The molecule has 2 N–H and O–H groups in total. The molecule has 5 nitrogen and oxygen atoms in total. The fraction of sp³-hybridized carbons (Fsp3) is 0.533. The lowest BCUT2D eigenvalue weighted by molar-refractivity contribution is -0.119. The number of hydrogen-bond acceptors (Lipinski definition) is 5. The SMILES string of the molecule is CCOc1ccc(SCC(=O)NCC2(O)CCOC2)cc1. The Morgan fingerprint density at radius 2 is 2.24 bits per heavy atom. The first-order valence-corrected chi connectivity index (χ1v) is 8.02. The zero-order chi connectivity index (χ0) is 15.1. The standard InChI is InChI=1S/C15H21NO4S/c1-2-20-12-3-5-13(6-4-12)21-9-14(17)16-10-15(18)7-8-19-11-15/h3-6,18H,2,7-11H2,1H3,(H,16,17). The van der Waals surface area contributed by atoms with Crippen LogP contribution in [0, 0.1) is 0 Å². The molecule has 1 aliphatic heterocycles. The molecule has 0 spiro atoms. The summed E-state index contributed by atoms with van der Waals surface area (Å²) in [6.07, 6.45) is 0.569. The second kappa shape index (κ2) is 7.68. The van der Waals surface area contributed by atoms with Crippen molar-refractivity contribution in [3.63, 3.8) is 0 Å². The zero-order valence-corrected chi connectivity index (χ0v) is 12.9. The number of aliphatic hydroxyl groups is 1. The van der Waals surface area contributed by atoms with Crippen molar-refractivity contribution in [1.29, 1.82) is 0 Å². The fourth-order valence-electron chi connectivity index (χ4n) is 2.00. The van der Waals surface area contributed by atoms with Crippen molar-refractivity contribution < 1.29 is 19.4 Å². The number of carbonyl (C=O) groups excluding carboxylic acids is 1. The number of ether oxygens (including phenoxy) is 2. The van der Waals surface area contributed by atoms with E-state index in [0.29, 0.717) is 32.0 Å². The van der Waals surface area contributed by atoms with E-state index < -0.39 is 5.60 Å². The van der Waals surface area contributed by atoms with Gasteiger partial charge in [-0.05, 0) is 31.2 Å². The molecule has 1 heterocycles. The third-order valence-electron chi connectivity index (χ3n) is 3.20. The average Bonchev–Trinajstić information content (AvgIpc) is 2.92. The van der Waals surface area contributed by atoms with Crippen molar-refractivity contribution in [1.82, 2.24) is 5.32 Å². The molecule has 0 radical (unpaired) electrons. The minimum absolute atomic E-state index is 0.0887.